The third kappa shape index (κ3) is 4.48. The highest BCUT2D eigenvalue weighted by molar-refractivity contribution is 5.82. The van der Waals surface area contributed by atoms with E-state index >= 15 is 0 Å². The quantitative estimate of drug-likeness (QED) is 0.598. The monoisotopic (exact) mass is 305 g/mol. The fourth-order valence-electron chi connectivity index (χ4n) is 2.44. The smallest absolute Gasteiger partial charge is 0.410 e. The lowest BCUT2D eigenvalue weighted by atomic mass is 10.2. The van der Waals surface area contributed by atoms with E-state index in [4.69, 9.17) is 9.47 Å². The van der Waals surface area contributed by atoms with E-state index in [1.807, 2.05) is 37.3 Å². The van der Waals surface area contributed by atoms with Crippen LogP contribution in [0, 0.1) is 0 Å². The summed E-state index contributed by atoms with van der Waals surface area (Å²) in [7, 11) is 0. The number of hydrogen-bond donors (Lipinski definition) is 0. The van der Waals surface area contributed by atoms with Crippen molar-refractivity contribution < 1.29 is 19.1 Å². The van der Waals surface area contributed by atoms with Crippen molar-refractivity contribution in [3.05, 3.63) is 35.9 Å². The number of rotatable bonds is 6. The maximum atomic E-state index is 12.2. The number of amides is 1. The summed E-state index contributed by atoms with van der Waals surface area (Å²) >= 11 is 0. The van der Waals surface area contributed by atoms with E-state index < -0.39 is 12.1 Å². The molecule has 22 heavy (non-hydrogen) atoms. The van der Waals surface area contributed by atoms with Crippen LogP contribution in [0.1, 0.15) is 38.2 Å². The molecule has 1 aromatic carbocycles. The lowest BCUT2D eigenvalue weighted by molar-refractivity contribution is -0.149. The molecule has 0 saturated carbocycles. The molecule has 2 rings (SSSR count). The molecule has 5 nitrogen and oxygen atoms in total. The zero-order valence-electron chi connectivity index (χ0n) is 13.0. The highest BCUT2D eigenvalue weighted by Gasteiger charge is 2.36. The molecule has 1 heterocycles. The first-order valence-corrected chi connectivity index (χ1v) is 7.86. The van der Waals surface area contributed by atoms with Gasteiger partial charge in [0.25, 0.3) is 0 Å². The van der Waals surface area contributed by atoms with Crippen LogP contribution in [0.2, 0.25) is 0 Å². The van der Waals surface area contributed by atoms with E-state index in [0.717, 1.165) is 24.8 Å². The van der Waals surface area contributed by atoms with Crippen LogP contribution < -0.4 is 0 Å². The molecule has 120 valence electrons. The fraction of sp³-hybridized carbons (Fsp3) is 0.529. The zero-order chi connectivity index (χ0) is 15.8. The summed E-state index contributed by atoms with van der Waals surface area (Å²) in [5, 5.41) is 0. The Morgan fingerprint density at radius 3 is 2.73 bits per heavy atom. The van der Waals surface area contributed by atoms with E-state index in [1.165, 1.54) is 4.90 Å². The maximum Gasteiger partial charge on any atom is 0.410 e. The first-order valence-electron chi connectivity index (χ1n) is 7.86. The number of ether oxygens (including phenoxy) is 2. The van der Waals surface area contributed by atoms with Crippen LogP contribution in [0.3, 0.4) is 0 Å². The third-order valence-electron chi connectivity index (χ3n) is 3.71. The number of likely N-dealkylation sites (tertiary alicyclic amines) is 1. The Balaban J connectivity index is 1.84. The van der Waals surface area contributed by atoms with Gasteiger partial charge in [0.2, 0.25) is 0 Å². The third-order valence-corrected chi connectivity index (χ3v) is 3.71. The van der Waals surface area contributed by atoms with Gasteiger partial charge in [0.05, 0.1) is 6.61 Å². The fourth-order valence-corrected chi connectivity index (χ4v) is 2.44. The minimum Gasteiger partial charge on any atom is -0.459 e. The van der Waals surface area contributed by atoms with E-state index in [9.17, 15) is 9.59 Å². The average molecular weight is 305 g/mol. The van der Waals surface area contributed by atoms with Gasteiger partial charge in [-0.3, -0.25) is 4.90 Å². The topological polar surface area (TPSA) is 55.8 Å². The van der Waals surface area contributed by atoms with Crippen molar-refractivity contribution in [2.24, 2.45) is 0 Å². The molecule has 0 N–H and O–H groups in total. The Morgan fingerprint density at radius 1 is 1.23 bits per heavy atom. The molecule has 1 aliphatic rings. The first-order chi connectivity index (χ1) is 10.7. The molecule has 1 fully saturated rings. The van der Waals surface area contributed by atoms with Gasteiger partial charge in [0.15, 0.2) is 0 Å². The summed E-state index contributed by atoms with van der Waals surface area (Å²) in [6.07, 6.45) is 2.83. The van der Waals surface area contributed by atoms with Crippen molar-refractivity contribution in [2.45, 2.75) is 45.3 Å². The normalized spacial score (nSPS) is 17.3. The Kier molecular flexibility index (Phi) is 6.25. The molecule has 1 unspecified atom stereocenters. The molecule has 0 bridgehead atoms. The van der Waals surface area contributed by atoms with Crippen LogP contribution in [0.15, 0.2) is 30.3 Å². The number of carbonyl (C=O) groups excluding carboxylic acids is 2. The summed E-state index contributed by atoms with van der Waals surface area (Å²) < 4.78 is 10.5. The van der Waals surface area contributed by atoms with Crippen molar-refractivity contribution in [3.8, 4) is 0 Å². The zero-order valence-corrected chi connectivity index (χ0v) is 13.0. The molecular formula is C17H23NO4. The highest BCUT2D eigenvalue weighted by atomic mass is 16.6. The van der Waals surface area contributed by atoms with Crippen LogP contribution in [0.5, 0.6) is 0 Å². The van der Waals surface area contributed by atoms with E-state index in [0.29, 0.717) is 19.6 Å². The molecular weight excluding hydrogens is 282 g/mol. The Morgan fingerprint density at radius 2 is 2.00 bits per heavy atom. The largest absolute Gasteiger partial charge is 0.459 e. The number of carbonyl (C=O) groups is 2. The Bertz CT molecular complexity index is 489. The van der Waals surface area contributed by atoms with Crippen molar-refractivity contribution in [1.82, 2.24) is 4.90 Å². The minimum absolute atomic E-state index is 0.231. The molecule has 0 spiro atoms. The molecule has 1 amide bonds. The Hall–Kier alpha value is -2.04. The molecule has 1 saturated heterocycles. The molecule has 0 aliphatic carbocycles. The summed E-state index contributed by atoms with van der Waals surface area (Å²) in [5.74, 6) is -0.353. The number of hydrogen-bond acceptors (Lipinski definition) is 4. The van der Waals surface area contributed by atoms with E-state index in [2.05, 4.69) is 0 Å². The van der Waals surface area contributed by atoms with Gasteiger partial charge in [-0.15, -0.1) is 0 Å². The van der Waals surface area contributed by atoms with Gasteiger partial charge >= 0.3 is 12.1 Å². The van der Waals surface area contributed by atoms with E-state index in [1.54, 1.807) is 0 Å². The van der Waals surface area contributed by atoms with Gasteiger partial charge in [0, 0.05) is 6.54 Å². The molecule has 5 heteroatoms. The van der Waals surface area contributed by atoms with Crippen molar-refractivity contribution in [1.29, 1.82) is 0 Å². The summed E-state index contributed by atoms with van der Waals surface area (Å²) in [6.45, 7) is 3.22. The maximum absolute atomic E-state index is 12.2. The minimum atomic E-state index is -0.516. The van der Waals surface area contributed by atoms with Crippen LogP contribution in [-0.4, -0.2) is 36.2 Å². The molecule has 0 radical (unpaired) electrons. The second kappa shape index (κ2) is 8.41. The van der Waals surface area contributed by atoms with Gasteiger partial charge < -0.3 is 9.47 Å². The Labute approximate surface area is 131 Å². The van der Waals surface area contributed by atoms with Gasteiger partial charge in [0.1, 0.15) is 12.6 Å². The van der Waals surface area contributed by atoms with Gasteiger partial charge in [-0.05, 0) is 24.8 Å². The predicted molar refractivity (Wildman–Crippen MR) is 82.2 cm³/mol. The lowest BCUT2D eigenvalue weighted by Crippen LogP contribution is -2.41. The van der Waals surface area contributed by atoms with Crippen molar-refractivity contribution >= 4 is 12.1 Å². The van der Waals surface area contributed by atoms with Crippen LogP contribution in [0.4, 0.5) is 4.79 Å². The summed E-state index contributed by atoms with van der Waals surface area (Å²) in [5.41, 5.74) is 0.936. The SMILES string of the molecule is CCCCOC(=O)N1CCCC1C(=O)OCc1ccccc1. The number of nitrogens with zero attached hydrogens (tertiary/aromatic N) is 1. The molecule has 1 atom stereocenters. The van der Waals surface area contributed by atoms with E-state index in [-0.39, 0.29) is 12.6 Å². The molecule has 1 aliphatic heterocycles. The van der Waals surface area contributed by atoms with Crippen LogP contribution in [0.25, 0.3) is 0 Å². The number of benzene rings is 1. The second-order valence-electron chi connectivity index (χ2n) is 5.41. The van der Waals surface area contributed by atoms with Gasteiger partial charge in [-0.1, -0.05) is 43.7 Å². The number of esters is 1. The average Bonchev–Trinajstić information content (AvgIpc) is 3.03. The summed E-state index contributed by atoms with van der Waals surface area (Å²) in [6, 6.07) is 9.00. The predicted octanol–water partition coefficient (Wildman–Crippen LogP) is 3.13. The lowest BCUT2D eigenvalue weighted by Gasteiger charge is -2.22. The molecule has 0 aromatic heterocycles. The first kappa shape index (κ1) is 16.3. The number of unbranched alkanes of at least 4 members (excludes halogenated alkanes) is 1. The molecule has 1 aromatic rings. The van der Waals surface area contributed by atoms with Crippen molar-refractivity contribution in [3.63, 3.8) is 0 Å². The van der Waals surface area contributed by atoms with Crippen molar-refractivity contribution in [2.75, 3.05) is 13.2 Å². The second-order valence-corrected chi connectivity index (χ2v) is 5.41. The van der Waals surface area contributed by atoms with Crippen LogP contribution in [-0.2, 0) is 20.9 Å². The highest BCUT2D eigenvalue weighted by Crippen LogP contribution is 2.20. The summed E-state index contributed by atoms with van der Waals surface area (Å²) in [4.78, 5) is 25.7. The van der Waals surface area contributed by atoms with Gasteiger partial charge in [-0.2, -0.15) is 0 Å². The van der Waals surface area contributed by atoms with Gasteiger partial charge in [-0.25, -0.2) is 9.59 Å². The van der Waals surface area contributed by atoms with Crippen LogP contribution >= 0.6 is 0 Å². The standard InChI is InChI=1S/C17H23NO4/c1-2-3-12-21-17(20)18-11-7-10-15(18)16(19)22-13-14-8-5-4-6-9-14/h4-6,8-9,15H,2-3,7,10-13H2,1H3.